The predicted molar refractivity (Wildman–Crippen MR) is 74.6 cm³/mol. The van der Waals surface area contributed by atoms with Crippen LogP contribution < -0.4 is 5.43 Å². The molecule has 0 N–H and O–H groups in total. The molecule has 0 radical (unpaired) electrons. The van der Waals surface area contributed by atoms with E-state index in [0.717, 1.165) is 26.9 Å². The van der Waals surface area contributed by atoms with Crippen LogP contribution in [0.15, 0.2) is 35.1 Å². The molecule has 1 heterocycles. The van der Waals surface area contributed by atoms with E-state index in [1.807, 2.05) is 24.3 Å². The Kier molecular flexibility index (Phi) is 2.23. The molecule has 2 heteroatoms. The van der Waals surface area contributed by atoms with Crippen LogP contribution in [-0.4, -0.2) is 0 Å². The van der Waals surface area contributed by atoms with Crippen LogP contribution in [-0.2, 0) is 6.42 Å². The van der Waals surface area contributed by atoms with Gasteiger partial charge in [0.2, 0.25) is 0 Å². The van der Waals surface area contributed by atoms with Crippen LogP contribution in [0.3, 0.4) is 0 Å². The molecule has 0 aliphatic heterocycles. The van der Waals surface area contributed by atoms with Crippen LogP contribution >= 0.6 is 11.3 Å². The average molecular weight is 242 g/mol. The Labute approximate surface area is 104 Å². The Morgan fingerprint density at radius 1 is 1.24 bits per heavy atom. The van der Waals surface area contributed by atoms with E-state index in [9.17, 15) is 4.79 Å². The lowest BCUT2D eigenvalue weighted by atomic mass is 9.82. The number of benzene rings is 1. The van der Waals surface area contributed by atoms with Crippen molar-refractivity contribution in [1.29, 1.82) is 0 Å². The van der Waals surface area contributed by atoms with Gasteiger partial charge in [-0.1, -0.05) is 32.1 Å². The molecule has 1 aromatic carbocycles. The summed E-state index contributed by atoms with van der Waals surface area (Å²) >= 11 is 1.72. The topological polar surface area (TPSA) is 17.1 Å². The van der Waals surface area contributed by atoms with E-state index in [0.29, 0.717) is 0 Å². The monoisotopic (exact) mass is 242 g/mol. The van der Waals surface area contributed by atoms with Gasteiger partial charge in [-0.2, -0.15) is 0 Å². The van der Waals surface area contributed by atoms with Crippen molar-refractivity contribution in [2.24, 2.45) is 5.41 Å². The Bertz CT molecular complexity index is 677. The molecule has 1 aromatic heterocycles. The van der Waals surface area contributed by atoms with Crippen molar-refractivity contribution in [3.63, 3.8) is 0 Å². The summed E-state index contributed by atoms with van der Waals surface area (Å²) in [6.45, 7) is 4.34. The van der Waals surface area contributed by atoms with Gasteiger partial charge in [-0.05, 0) is 30.0 Å². The lowest BCUT2D eigenvalue weighted by Gasteiger charge is -2.25. The predicted octanol–water partition coefficient (Wildman–Crippen LogP) is 3.86. The van der Waals surface area contributed by atoms with Crippen molar-refractivity contribution < 1.29 is 0 Å². The third kappa shape index (κ3) is 1.73. The van der Waals surface area contributed by atoms with Crippen LogP contribution in [0.5, 0.6) is 0 Å². The van der Waals surface area contributed by atoms with Crippen molar-refractivity contribution in [1.82, 2.24) is 0 Å². The first kappa shape index (κ1) is 10.7. The lowest BCUT2D eigenvalue weighted by Crippen LogP contribution is -2.22. The fourth-order valence-electron chi connectivity index (χ4n) is 2.32. The highest BCUT2D eigenvalue weighted by atomic mass is 32.1. The fraction of sp³-hybridized carbons (Fsp3) is 0.267. The van der Waals surface area contributed by atoms with E-state index < -0.39 is 0 Å². The van der Waals surface area contributed by atoms with Gasteiger partial charge in [0.1, 0.15) is 0 Å². The van der Waals surface area contributed by atoms with Gasteiger partial charge in [-0.3, -0.25) is 4.79 Å². The second-order valence-corrected chi connectivity index (χ2v) is 6.35. The van der Waals surface area contributed by atoms with Gasteiger partial charge in [-0.25, -0.2) is 0 Å². The molecule has 0 bridgehead atoms. The van der Waals surface area contributed by atoms with Gasteiger partial charge >= 0.3 is 0 Å². The molecule has 0 saturated carbocycles. The zero-order valence-electron chi connectivity index (χ0n) is 9.99. The molecule has 1 aliphatic carbocycles. The lowest BCUT2D eigenvalue weighted by molar-refractivity contribution is 0.474. The molecule has 1 nitrogen and oxygen atoms in total. The maximum atomic E-state index is 12.4. The van der Waals surface area contributed by atoms with Crippen molar-refractivity contribution >= 4 is 27.5 Å². The summed E-state index contributed by atoms with van der Waals surface area (Å²) in [6.07, 6.45) is 5.16. The molecule has 0 saturated heterocycles. The molecule has 17 heavy (non-hydrogen) atoms. The molecular formula is C15H14OS. The van der Waals surface area contributed by atoms with Gasteiger partial charge in [-0.15, -0.1) is 11.3 Å². The fourth-order valence-corrected chi connectivity index (χ4v) is 3.39. The van der Waals surface area contributed by atoms with E-state index in [2.05, 4.69) is 26.0 Å². The van der Waals surface area contributed by atoms with Crippen LogP contribution in [0, 0.1) is 5.41 Å². The first-order valence-corrected chi connectivity index (χ1v) is 6.62. The normalized spacial score (nSPS) is 17.1. The van der Waals surface area contributed by atoms with Gasteiger partial charge in [0, 0.05) is 20.5 Å². The molecule has 1 aliphatic rings. The van der Waals surface area contributed by atoms with E-state index in [1.165, 1.54) is 0 Å². The highest BCUT2D eigenvalue weighted by Gasteiger charge is 2.23. The Balaban J connectivity index is 2.37. The summed E-state index contributed by atoms with van der Waals surface area (Å²) in [4.78, 5) is 13.6. The summed E-state index contributed by atoms with van der Waals surface area (Å²) in [5.74, 6) is 0. The van der Waals surface area contributed by atoms with Gasteiger partial charge in [0.25, 0.3) is 0 Å². The van der Waals surface area contributed by atoms with Gasteiger partial charge in [0.05, 0.1) is 0 Å². The van der Waals surface area contributed by atoms with Crippen molar-refractivity contribution in [2.45, 2.75) is 20.3 Å². The summed E-state index contributed by atoms with van der Waals surface area (Å²) in [6, 6.07) is 7.88. The molecule has 0 spiro atoms. The largest absolute Gasteiger partial charge is 0.289 e. The molecule has 0 fully saturated rings. The van der Waals surface area contributed by atoms with E-state index in [-0.39, 0.29) is 10.8 Å². The molecule has 0 atom stereocenters. The molecular weight excluding hydrogens is 228 g/mol. The van der Waals surface area contributed by atoms with Crippen molar-refractivity contribution in [3.05, 3.63) is 51.0 Å². The van der Waals surface area contributed by atoms with Crippen molar-refractivity contribution in [3.8, 4) is 0 Å². The Morgan fingerprint density at radius 2 is 2.00 bits per heavy atom. The van der Waals surface area contributed by atoms with Gasteiger partial charge in [0.15, 0.2) is 5.43 Å². The van der Waals surface area contributed by atoms with E-state index in [4.69, 9.17) is 0 Å². The molecule has 2 aromatic rings. The van der Waals surface area contributed by atoms with Crippen LogP contribution in [0.4, 0.5) is 0 Å². The molecule has 86 valence electrons. The van der Waals surface area contributed by atoms with Crippen LogP contribution in [0.25, 0.3) is 16.2 Å². The molecule has 0 unspecified atom stereocenters. The number of hydrogen-bond donors (Lipinski definition) is 0. The summed E-state index contributed by atoms with van der Waals surface area (Å²) in [5.41, 5.74) is 1.30. The minimum absolute atomic E-state index is 0.0985. The van der Waals surface area contributed by atoms with Crippen LogP contribution in [0.1, 0.15) is 24.3 Å². The first-order chi connectivity index (χ1) is 8.07. The summed E-state index contributed by atoms with van der Waals surface area (Å²) in [7, 11) is 0. The van der Waals surface area contributed by atoms with E-state index >= 15 is 0 Å². The maximum absolute atomic E-state index is 12.4. The van der Waals surface area contributed by atoms with Gasteiger partial charge < -0.3 is 0 Å². The summed E-state index contributed by atoms with van der Waals surface area (Å²) in [5, 5.41) is 0.863. The zero-order chi connectivity index (χ0) is 12.0. The highest BCUT2D eigenvalue weighted by molar-refractivity contribution is 7.19. The Morgan fingerprint density at radius 3 is 2.82 bits per heavy atom. The second-order valence-electron chi connectivity index (χ2n) is 5.27. The van der Waals surface area contributed by atoms with Crippen LogP contribution in [0.2, 0.25) is 0 Å². The number of allylic oxidation sites excluding steroid dienone is 1. The number of rotatable bonds is 0. The number of hydrogen-bond acceptors (Lipinski definition) is 2. The standard InChI is InChI=1S/C15H14OS/c1-15(2)8-7-13-11(9-15)14(16)10-5-3-4-6-12(10)17-13/h3-8H,9H2,1-2H3. The van der Waals surface area contributed by atoms with Crippen molar-refractivity contribution in [2.75, 3.05) is 0 Å². The quantitative estimate of drug-likeness (QED) is 0.685. The third-order valence-electron chi connectivity index (χ3n) is 3.24. The Hall–Kier alpha value is -1.41. The molecule has 0 amide bonds. The first-order valence-electron chi connectivity index (χ1n) is 5.81. The SMILES string of the molecule is CC1(C)C=Cc2sc3ccccc3c(=O)c2C1. The highest BCUT2D eigenvalue weighted by Crippen LogP contribution is 2.34. The smallest absolute Gasteiger partial charge is 0.191 e. The number of fused-ring (bicyclic) bond motifs is 2. The third-order valence-corrected chi connectivity index (χ3v) is 4.42. The molecule has 3 rings (SSSR count). The zero-order valence-corrected chi connectivity index (χ0v) is 10.8. The average Bonchev–Trinajstić information content (AvgIpc) is 2.30. The second kappa shape index (κ2) is 3.54. The minimum atomic E-state index is 0.0985. The summed E-state index contributed by atoms with van der Waals surface area (Å²) < 4.78 is 1.08. The maximum Gasteiger partial charge on any atom is 0.191 e. The minimum Gasteiger partial charge on any atom is -0.289 e. The van der Waals surface area contributed by atoms with E-state index in [1.54, 1.807) is 11.3 Å².